The third-order valence-corrected chi connectivity index (χ3v) is 5.93. The van der Waals surface area contributed by atoms with Gasteiger partial charge in [-0.25, -0.2) is 8.42 Å². The molecule has 5 nitrogen and oxygen atoms in total. The molecule has 0 fully saturated rings. The Balaban J connectivity index is 3.06. The van der Waals surface area contributed by atoms with Crippen LogP contribution in [0.4, 0.5) is 0 Å². The molecule has 0 aromatic carbocycles. The van der Waals surface area contributed by atoms with Crippen LogP contribution < -0.4 is 0 Å². The number of carboxylic acids is 1. The van der Waals surface area contributed by atoms with Crippen molar-refractivity contribution in [3.8, 4) is 0 Å². The quantitative estimate of drug-likeness (QED) is 0.848. The second-order valence-electron chi connectivity index (χ2n) is 4.14. The maximum atomic E-state index is 12.3. The zero-order chi connectivity index (χ0) is 13.9. The molecule has 0 spiro atoms. The summed E-state index contributed by atoms with van der Waals surface area (Å²) < 4.78 is 26.4. The van der Waals surface area contributed by atoms with Gasteiger partial charge >= 0.3 is 5.97 Å². The van der Waals surface area contributed by atoms with E-state index < -0.39 is 22.5 Å². The summed E-state index contributed by atoms with van der Waals surface area (Å²) in [7, 11) is -3.73. The highest BCUT2D eigenvalue weighted by atomic mass is 79.9. The number of carboxylic acid groups (broad SMARTS) is 1. The molecule has 18 heavy (non-hydrogen) atoms. The molecule has 1 aromatic rings. The van der Waals surface area contributed by atoms with Crippen LogP contribution >= 0.6 is 27.3 Å². The average Bonchev–Trinajstić information content (AvgIpc) is 2.63. The lowest BCUT2D eigenvalue weighted by Gasteiger charge is -2.21. The van der Waals surface area contributed by atoms with Gasteiger partial charge in [-0.05, 0) is 34.0 Å². The third-order valence-electron chi connectivity index (χ3n) is 2.02. The Labute approximate surface area is 119 Å². The van der Waals surface area contributed by atoms with Gasteiger partial charge in [-0.15, -0.1) is 11.3 Å². The Hall–Kier alpha value is -0.440. The Morgan fingerprint density at radius 1 is 1.50 bits per heavy atom. The minimum atomic E-state index is -3.73. The normalized spacial score (nSPS) is 12.3. The fourth-order valence-electron chi connectivity index (χ4n) is 1.37. The van der Waals surface area contributed by atoms with E-state index in [1.54, 1.807) is 6.07 Å². The second-order valence-corrected chi connectivity index (χ2v) is 8.77. The summed E-state index contributed by atoms with van der Waals surface area (Å²) in [6.07, 6.45) is 0. The number of halogens is 1. The molecule has 0 atom stereocenters. The molecule has 1 aromatic heterocycles. The van der Waals surface area contributed by atoms with Crippen molar-refractivity contribution in [1.29, 1.82) is 0 Å². The first kappa shape index (κ1) is 15.6. The molecule has 0 radical (unpaired) electrons. The van der Waals surface area contributed by atoms with Gasteiger partial charge < -0.3 is 5.11 Å². The molecule has 1 rings (SSSR count). The van der Waals surface area contributed by atoms with E-state index in [-0.39, 0.29) is 16.7 Å². The zero-order valence-corrected chi connectivity index (χ0v) is 13.2. The highest BCUT2D eigenvalue weighted by Crippen LogP contribution is 2.28. The van der Waals surface area contributed by atoms with Gasteiger partial charge in [0.2, 0.25) is 0 Å². The number of rotatable bonds is 6. The van der Waals surface area contributed by atoms with Gasteiger partial charge in [0.05, 0.1) is 3.79 Å². The van der Waals surface area contributed by atoms with Crippen LogP contribution in [0.5, 0.6) is 0 Å². The van der Waals surface area contributed by atoms with Crippen LogP contribution in [-0.2, 0) is 14.8 Å². The van der Waals surface area contributed by atoms with Crippen LogP contribution in [0.3, 0.4) is 0 Å². The van der Waals surface area contributed by atoms with Crippen LogP contribution in [0.1, 0.15) is 13.8 Å². The minimum Gasteiger partial charge on any atom is -0.480 e. The highest BCUT2D eigenvalue weighted by Gasteiger charge is 2.28. The minimum absolute atomic E-state index is 0.0579. The molecule has 0 amide bonds. The molecule has 0 aliphatic heterocycles. The van der Waals surface area contributed by atoms with Gasteiger partial charge in [-0.1, -0.05) is 13.8 Å². The summed E-state index contributed by atoms with van der Waals surface area (Å²) in [5.74, 6) is -1.10. The van der Waals surface area contributed by atoms with Gasteiger partial charge in [0.25, 0.3) is 10.0 Å². The molecule has 1 N–H and O–H groups in total. The lowest BCUT2D eigenvalue weighted by molar-refractivity contribution is -0.137. The molecule has 0 saturated carbocycles. The zero-order valence-electron chi connectivity index (χ0n) is 9.96. The van der Waals surface area contributed by atoms with Gasteiger partial charge in [0.1, 0.15) is 10.8 Å². The predicted molar refractivity (Wildman–Crippen MR) is 73.3 cm³/mol. The highest BCUT2D eigenvalue weighted by molar-refractivity contribution is 9.11. The summed E-state index contributed by atoms with van der Waals surface area (Å²) in [5, 5.41) is 8.80. The van der Waals surface area contributed by atoms with E-state index in [0.29, 0.717) is 3.79 Å². The molecule has 0 aliphatic carbocycles. The van der Waals surface area contributed by atoms with Gasteiger partial charge in [0.15, 0.2) is 0 Å². The standard InChI is InChI=1S/C10H14BrNO4S2/c1-7(2)5-12(6-9(13)14)18(15,16)10-4-3-8(11)17-10/h3-4,7H,5-6H2,1-2H3,(H,13,14). The van der Waals surface area contributed by atoms with Crippen LogP contribution in [-0.4, -0.2) is 36.9 Å². The third kappa shape index (κ3) is 4.04. The Morgan fingerprint density at radius 2 is 2.11 bits per heavy atom. The molecule has 0 saturated heterocycles. The number of hydrogen-bond acceptors (Lipinski definition) is 4. The molecule has 0 unspecified atom stereocenters. The average molecular weight is 356 g/mol. The lowest BCUT2D eigenvalue weighted by Crippen LogP contribution is -2.37. The van der Waals surface area contributed by atoms with Crippen LogP contribution in [0.2, 0.25) is 0 Å². The number of aliphatic carboxylic acids is 1. The van der Waals surface area contributed by atoms with Crippen molar-refractivity contribution in [2.45, 2.75) is 18.1 Å². The number of sulfonamides is 1. The second kappa shape index (κ2) is 6.14. The Kier molecular flexibility index (Phi) is 5.32. The van der Waals surface area contributed by atoms with Crippen molar-refractivity contribution in [3.63, 3.8) is 0 Å². The van der Waals surface area contributed by atoms with E-state index in [0.717, 1.165) is 15.6 Å². The van der Waals surface area contributed by atoms with E-state index in [2.05, 4.69) is 15.9 Å². The first-order valence-corrected chi connectivity index (χ1v) is 8.25. The van der Waals surface area contributed by atoms with E-state index in [4.69, 9.17) is 5.11 Å². The van der Waals surface area contributed by atoms with Crippen LogP contribution in [0, 0.1) is 5.92 Å². The van der Waals surface area contributed by atoms with Crippen molar-refractivity contribution in [1.82, 2.24) is 4.31 Å². The molecule has 8 heteroatoms. The predicted octanol–water partition coefficient (Wildman–Crippen LogP) is 2.24. The Morgan fingerprint density at radius 3 is 2.50 bits per heavy atom. The monoisotopic (exact) mass is 355 g/mol. The van der Waals surface area contributed by atoms with E-state index in [1.807, 2.05) is 13.8 Å². The number of hydrogen-bond donors (Lipinski definition) is 1. The van der Waals surface area contributed by atoms with Gasteiger partial charge in [0, 0.05) is 6.54 Å². The fourth-order valence-corrected chi connectivity index (χ4v) is 5.09. The maximum absolute atomic E-state index is 12.3. The topological polar surface area (TPSA) is 74.7 Å². The SMILES string of the molecule is CC(C)CN(CC(=O)O)S(=O)(=O)c1ccc(Br)s1. The molecular formula is C10H14BrNO4S2. The largest absolute Gasteiger partial charge is 0.480 e. The van der Waals surface area contributed by atoms with Gasteiger partial charge in [-0.3, -0.25) is 4.79 Å². The van der Waals surface area contributed by atoms with Crippen LogP contribution in [0.25, 0.3) is 0 Å². The van der Waals surface area contributed by atoms with Crippen molar-refractivity contribution < 1.29 is 18.3 Å². The number of nitrogens with zero attached hydrogens (tertiary/aromatic N) is 1. The van der Waals surface area contributed by atoms with E-state index >= 15 is 0 Å². The summed E-state index contributed by atoms with van der Waals surface area (Å²) in [6, 6.07) is 3.10. The maximum Gasteiger partial charge on any atom is 0.318 e. The van der Waals surface area contributed by atoms with Crippen molar-refractivity contribution in [2.75, 3.05) is 13.1 Å². The van der Waals surface area contributed by atoms with Crippen molar-refractivity contribution in [3.05, 3.63) is 15.9 Å². The number of thiophene rings is 1. The summed E-state index contributed by atoms with van der Waals surface area (Å²) in [4.78, 5) is 10.8. The molecular weight excluding hydrogens is 342 g/mol. The van der Waals surface area contributed by atoms with E-state index in [9.17, 15) is 13.2 Å². The first-order valence-electron chi connectivity index (χ1n) is 5.20. The fraction of sp³-hybridized carbons (Fsp3) is 0.500. The molecule has 102 valence electrons. The molecule has 1 heterocycles. The van der Waals surface area contributed by atoms with Crippen molar-refractivity contribution in [2.24, 2.45) is 5.92 Å². The van der Waals surface area contributed by atoms with Crippen LogP contribution in [0.15, 0.2) is 20.1 Å². The number of carbonyl (C=O) groups is 1. The summed E-state index contributed by atoms with van der Waals surface area (Å²) in [5.41, 5.74) is 0. The van der Waals surface area contributed by atoms with Crippen molar-refractivity contribution >= 4 is 43.3 Å². The molecule has 0 aliphatic rings. The lowest BCUT2D eigenvalue weighted by atomic mass is 10.2. The Bertz CT molecular complexity index is 524. The smallest absolute Gasteiger partial charge is 0.318 e. The molecule has 0 bridgehead atoms. The summed E-state index contributed by atoms with van der Waals surface area (Å²) in [6.45, 7) is 3.35. The first-order chi connectivity index (χ1) is 8.23. The van der Waals surface area contributed by atoms with Gasteiger partial charge in [-0.2, -0.15) is 4.31 Å². The van der Waals surface area contributed by atoms with E-state index in [1.165, 1.54) is 6.07 Å². The summed E-state index contributed by atoms with van der Waals surface area (Å²) >= 11 is 4.27.